The summed E-state index contributed by atoms with van der Waals surface area (Å²) in [6.45, 7) is 0. The Labute approximate surface area is 140 Å². The smallest absolute Gasteiger partial charge is 0.162 e. The molecule has 2 aromatic rings. The minimum Gasteiger partial charge on any atom is -0.216 e. The summed E-state index contributed by atoms with van der Waals surface area (Å²) in [5.41, 5.74) is 1.37. The van der Waals surface area contributed by atoms with Crippen LogP contribution in [0.15, 0.2) is 22.7 Å². The van der Waals surface area contributed by atoms with Crippen LogP contribution in [0, 0.1) is 5.82 Å². The van der Waals surface area contributed by atoms with Gasteiger partial charge in [0.15, 0.2) is 5.82 Å². The summed E-state index contributed by atoms with van der Waals surface area (Å²) in [4.78, 5) is 8.63. The van der Waals surface area contributed by atoms with E-state index in [4.69, 9.17) is 23.2 Å². The van der Waals surface area contributed by atoms with Crippen molar-refractivity contribution in [3.63, 3.8) is 0 Å². The maximum atomic E-state index is 13.5. The van der Waals surface area contributed by atoms with Crippen molar-refractivity contribution in [2.24, 2.45) is 0 Å². The third-order valence-electron chi connectivity index (χ3n) is 3.74. The van der Waals surface area contributed by atoms with Gasteiger partial charge in [0.05, 0.1) is 0 Å². The first-order valence-corrected chi connectivity index (χ1v) is 8.29. The number of nitrogens with zero attached hydrogens (tertiary/aromatic N) is 2. The van der Waals surface area contributed by atoms with E-state index in [1.54, 1.807) is 6.07 Å². The molecule has 0 unspecified atom stereocenters. The summed E-state index contributed by atoms with van der Waals surface area (Å²) >= 11 is 15.9. The van der Waals surface area contributed by atoms with Crippen LogP contribution in [0.3, 0.4) is 0 Å². The Morgan fingerprint density at radius 2 is 1.67 bits per heavy atom. The van der Waals surface area contributed by atoms with Gasteiger partial charge in [-0.1, -0.05) is 52.0 Å². The van der Waals surface area contributed by atoms with Crippen LogP contribution in [0.4, 0.5) is 4.39 Å². The zero-order valence-electron chi connectivity index (χ0n) is 11.0. The van der Waals surface area contributed by atoms with Crippen molar-refractivity contribution in [2.75, 3.05) is 0 Å². The second-order valence-corrected chi connectivity index (χ2v) is 6.81. The maximum Gasteiger partial charge on any atom is 0.162 e. The quantitative estimate of drug-likeness (QED) is 0.587. The average molecular weight is 390 g/mol. The van der Waals surface area contributed by atoms with E-state index >= 15 is 0 Å². The zero-order valence-corrected chi connectivity index (χ0v) is 14.1. The Balaban J connectivity index is 2.05. The topological polar surface area (TPSA) is 25.8 Å². The Hall–Kier alpha value is -0.710. The van der Waals surface area contributed by atoms with Gasteiger partial charge in [0, 0.05) is 15.6 Å². The van der Waals surface area contributed by atoms with Gasteiger partial charge in [0.2, 0.25) is 0 Å². The first-order valence-electron chi connectivity index (χ1n) is 6.74. The van der Waals surface area contributed by atoms with E-state index in [0.717, 1.165) is 18.4 Å². The van der Waals surface area contributed by atoms with Crippen molar-refractivity contribution in [1.29, 1.82) is 0 Å². The molecule has 1 aromatic heterocycles. The van der Waals surface area contributed by atoms with Crippen molar-refractivity contribution in [3.8, 4) is 11.4 Å². The van der Waals surface area contributed by atoms with Crippen molar-refractivity contribution in [1.82, 2.24) is 9.97 Å². The molecule has 1 saturated carbocycles. The lowest BCUT2D eigenvalue weighted by Crippen LogP contribution is -2.01. The fourth-order valence-corrected chi connectivity index (χ4v) is 3.94. The molecule has 0 aliphatic heterocycles. The molecule has 1 heterocycles. The van der Waals surface area contributed by atoms with Crippen molar-refractivity contribution in [2.45, 2.75) is 31.6 Å². The molecule has 1 fully saturated rings. The van der Waals surface area contributed by atoms with Crippen molar-refractivity contribution >= 4 is 39.1 Å². The fraction of sp³-hybridized carbons (Fsp3) is 0.333. The lowest BCUT2D eigenvalue weighted by molar-refractivity contribution is 0.627. The van der Waals surface area contributed by atoms with Gasteiger partial charge < -0.3 is 0 Å². The zero-order chi connectivity index (χ0) is 15.0. The standard InChI is InChI=1S/C15H12BrCl2FN2/c16-10-5-9(6-11(19)7-10)15-20-13(17)12(14(18)21-15)8-3-1-2-4-8/h5-8H,1-4H2. The SMILES string of the molecule is Fc1cc(Br)cc(-c2nc(Cl)c(C3CCCC3)c(Cl)n2)c1. The van der Waals surface area contributed by atoms with Crippen LogP contribution in [0.1, 0.15) is 37.2 Å². The molecule has 0 saturated heterocycles. The molecular formula is C15H12BrCl2FN2. The van der Waals surface area contributed by atoms with Gasteiger partial charge in [-0.25, -0.2) is 14.4 Å². The van der Waals surface area contributed by atoms with Gasteiger partial charge in [-0.3, -0.25) is 0 Å². The fourth-order valence-electron chi connectivity index (χ4n) is 2.78. The highest BCUT2D eigenvalue weighted by Gasteiger charge is 2.24. The van der Waals surface area contributed by atoms with E-state index in [9.17, 15) is 4.39 Å². The van der Waals surface area contributed by atoms with E-state index in [1.165, 1.54) is 25.0 Å². The monoisotopic (exact) mass is 388 g/mol. The molecule has 3 rings (SSSR count). The number of hydrogen-bond acceptors (Lipinski definition) is 2. The highest BCUT2D eigenvalue weighted by atomic mass is 79.9. The van der Waals surface area contributed by atoms with Crippen LogP contribution in [-0.2, 0) is 0 Å². The van der Waals surface area contributed by atoms with Crippen LogP contribution in [0.25, 0.3) is 11.4 Å². The minimum atomic E-state index is -0.366. The molecule has 1 aliphatic rings. The third kappa shape index (κ3) is 3.22. The van der Waals surface area contributed by atoms with E-state index in [1.807, 2.05) is 0 Å². The minimum absolute atomic E-state index is 0.332. The predicted molar refractivity (Wildman–Crippen MR) is 86.4 cm³/mol. The molecule has 0 bridgehead atoms. The largest absolute Gasteiger partial charge is 0.216 e. The molecule has 110 valence electrons. The molecule has 1 aromatic carbocycles. The number of aromatic nitrogens is 2. The summed E-state index contributed by atoms with van der Waals surface area (Å²) in [6.07, 6.45) is 4.48. The van der Waals surface area contributed by atoms with Gasteiger partial charge in [0.1, 0.15) is 16.1 Å². The second-order valence-electron chi connectivity index (χ2n) is 5.18. The molecule has 0 amide bonds. The first-order chi connectivity index (χ1) is 10.0. The summed E-state index contributed by atoms with van der Waals surface area (Å²) in [5, 5.41) is 0.745. The lowest BCUT2D eigenvalue weighted by atomic mass is 10.0. The maximum absolute atomic E-state index is 13.5. The summed E-state index contributed by atoms with van der Waals surface area (Å²) < 4.78 is 14.1. The van der Waals surface area contributed by atoms with E-state index in [2.05, 4.69) is 25.9 Å². The summed E-state index contributed by atoms with van der Waals surface area (Å²) in [5.74, 6) is 0.306. The first kappa shape index (κ1) is 15.2. The van der Waals surface area contributed by atoms with E-state index in [0.29, 0.717) is 32.1 Å². The number of halogens is 4. The Bertz CT molecular complexity index is 644. The number of rotatable bonds is 2. The van der Waals surface area contributed by atoms with Crippen molar-refractivity contribution < 1.29 is 4.39 Å². The van der Waals surface area contributed by atoms with Crippen LogP contribution in [-0.4, -0.2) is 9.97 Å². The Morgan fingerprint density at radius 3 is 2.24 bits per heavy atom. The number of benzene rings is 1. The number of hydrogen-bond donors (Lipinski definition) is 0. The summed E-state index contributed by atoms with van der Waals surface area (Å²) in [6, 6.07) is 4.47. The van der Waals surface area contributed by atoms with Crippen LogP contribution in [0.5, 0.6) is 0 Å². The van der Waals surface area contributed by atoms with Crippen molar-refractivity contribution in [3.05, 3.63) is 44.4 Å². The van der Waals surface area contributed by atoms with Crippen LogP contribution < -0.4 is 0 Å². The molecular weight excluding hydrogens is 378 g/mol. The predicted octanol–water partition coefficient (Wildman–Crippen LogP) is 6.01. The molecule has 21 heavy (non-hydrogen) atoms. The van der Waals surface area contributed by atoms with Gasteiger partial charge >= 0.3 is 0 Å². The Morgan fingerprint density at radius 1 is 1.05 bits per heavy atom. The van der Waals surface area contributed by atoms with Crippen LogP contribution >= 0.6 is 39.1 Å². The van der Waals surface area contributed by atoms with Gasteiger partial charge in [0.25, 0.3) is 0 Å². The van der Waals surface area contributed by atoms with E-state index in [-0.39, 0.29) is 5.82 Å². The third-order valence-corrected chi connectivity index (χ3v) is 4.77. The summed E-state index contributed by atoms with van der Waals surface area (Å²) in [7, 11) is 0. The van der Waals surface area contributed by atoms with Gasteiger partial charge in [-0.15, -0.1) is 0 Å². The molecule has 6 heteroatoms. The van der Waals surface area contributed by atoms with Gasteiger partial charge in [-0.2, -0.15) is 0 Å². The normalized spacial score (nSPS) is 15.6. The molecule has 1 aliphatic carbocycles. The molecule has 0 N–H and O–H groups in total. The molecule has 0 atom stereocenters. The molecule has 0 spiro atoms. The van der Waals surface area contributed by atoms with E-state index < -0.39 is 0 Å². The lowest BCUT2D eigenvalue weighted by Gasteiger charge is -2.13. The molecule has 2 nitrogen and oxygen atoms in total. The highest BCUT2D eigenvalue weighted by molar-refractivity contribution is 9.10. The second kappa shape index (κ2) is 6.19. The van der Waals surface area contributed by atoms with Crippen LogP contribution in [0.2, 0.25) is 10.3 Å². The highest BCUT2D eigenvalue weighted by Crippen LogP contribution is 2.40. The van der Waals surface area contributed by atoms with Gasteiger partial charge in [-0.05, 0) is 37.0 Å². The average Bonchev–Trinajstić information content (AvgIpc) is 2.90. The Kier molecular flexibility index (Phi) is 4.48. The molecule has 0 radical (unpaired) electrons.